The van der Waals surface area contributed by atoms with E-state index in [-0.39, 0.29) is 17.5 Å². The predicted octanol–water partition coefficient (Wildman–Crippen LogP) is 2.17. The summed E-state index contributed by atoms with van der Waals surface area (Å²) in [4.78, 5) is 25.5. The largest absolute Gasteiger partial charge is 0.345 e. The number of hydrogen-bond acceptors (Lipinski definition) is 2. The number of amides is 1. The van der Waals surface area contributed by atoms with Crippen molar-refractivity contribution in [1.29, 1.82) is 0 Å². The number of H-pyrrole nitrogens is 1. The number of nitrogens with one attached hydrogen (secondary N) is 2. The van der Waals surface area contributed by atoms with Crippen molar-refractivity contribution in [3.63, 3.8) is 0 Å². The zero-order chi connectivity index (χ0) is 13.8. The lowest BCUT2D eigenvalue weighted by Gasteiger charge is -2.16. The van der Waals surface area contributed by atoms with Crippen molar-refractivity contribution in [2.75, 3.05) is 0 Å². The minimum Gasteiger partial charge on any atom is -0.345 e. The van der Waals surface area contributed by atoms with Crippen LogP contribution in [0.3, 0.4) is 0 Å². The minimum absolute atomic E-state index is 0.0828. The molecule has 0 bridgehead atoms. The summed E-state index contributed by atoms with van der Waals surface area (Å²) in [5, 5.41) is 2.91. The van der Waals surface area contributed by atoms with E-state index in [1.54, 1.807) is 0 Å². The third-order valence-electron chi connectivity index (χ3n) is 3.05. The van der Waals surface area contributed by atoms with Crippen molar-refractivity contribution in [1.82, 2.24) is 10.3 Å². The molecule has 0 aliphatic carbocycles. The first kappa shape index (κ1) is 13.1. The molecule has 0 saturated carbocycles. The van der Waals surface area contributed by atoms with Gasteiger partial charge in [0.2, 0.25) is 5.56 Å². The average molecular weight is 256 g/mol. The van der Waals surface area contributed by atoms with Gasteiger partial charge in [0, 0.05) is 12.3 Å². The first-order chi connectivity index (χ1) is 9.08. The van der Waals surface area contributed by atoms with Crippen molar-refractivity contribution in [3.05, 3.63) is 69.6 Å². The lowest BCUT2D eigenvalue weighted by molar-refractivity contribution is 0.0939. The molecule has 0 radical (unpaired) electrons. The molecule has 4 nitrogen and oxygen atoms in total. The van der Waals surface area contributed by atoms with Crippen LogP contribution in [-0.4, -0.2) is 10.9 Å². The van der Waals surface area contributed by atoms with Crippen LogP contribution in [0.1, 0.15) is 34.5 Å². The molecule has 0 fully saturated rings. The quantitative estimate of drug-likeness (QED) is 0.884. The number of hydrogen-bond donors (Lipinski definition) is 2. The second-order valence-corrected chi connectivity index (χ2v) is 4.49. The normalized spacial score (nSPS) is 11.9. The smallest absolute Gasteiger partial charge is 0.253 e. The van der Waals surface area contributed by atoms with Crippen molar-refractivity contribution in [2.24, 2.45) is 0 Å². The maximum atomic E-state index is 12.0. The number of rotatable bonds is 3. The Morgan fingerprint density at radius 3 is 2.58 bits per heavy atom. The van der Waals surface area contributed by atoms with Crippen molar-refractivity contribution in [3.8, 4) is 0 Å². The van der Waals surface area contributed by atoms with Crippen molar-refractivity contribution in [2.45, 2.75) is 19.9 Å². The fourth-order valence-corrected chi connectivity index (χ4v) is 1.98. The summed E-state index contributed by atoms with van der Waals surface area (Å²) in [5.41, 5.74) is 2.44. The molecule has 19 heavy (non-hydrogen) atoms. The SMILES string of the molecule is Cc1ccccc1[C@H](C)NC(=O)c1ccc(=O)[nH]c1. The zero-order valence-electron chi connectivity index (χ0n) is 10.9. The fraction of sp³-hybridized carbons (Fsp3) is 0.200. The Hall–Kier alpha value is -2.36. The van der Waals surface area contributed by atoms with Crippen LogP contribution in [-0.2, 0) is 0 Å². The van der Waals surface area contributed by atoms with E-state index in [1.165, 1.54) is 18.3 Å². The summed E-state index contributed by atoms with van der Waals surface area (Å²) in [6.45, 7) is 3.95. The second kappa shape index (κ2) is 5.52. The van der Waals surface area contributed by atoms with Crippen molar-refractivity contribution >= 4 is 5.91 Å². The maximum Gasteiger partial charge on any atom is 0.253 e. The number of benzene rings is 1. The first-order valence-electron chi connectivity index (χ1n) is 6.13. The highest BCUT2D eigenvalue weighted by Crippen LogP contribution is 2.16. The van der Waals surface area contributed by atoms with Gasteiger partial charge >= 0.3 is 0 Å². The average Bonchev–Trinajstić information content (AvgIpc) is 2.39. The number of aromatic nitrogens is 1. The Labute approximate surface area is 111 Å². The molecule has 0 aliphatic rings. The number of carbonyl (C=O) groups is 1. The van der Waals surface area contributed by atoms with E-state index in [1.807, 2.05) is 38.1 Å². The summed E-state index contributed by atoms with van der Waals surface area (Å²) < 4.78 is 0. The van der Waals surface area contributed by atoms with Gasteiger partial charge in [-0.05, 0) is 31.0 Å². The third kappa shape index (κ3) is 3.10. The topological polar surface area (TPSA) is 62.0 Å². The molecule has 2 aromatic rings. The van der Waals surface area contributed by atoms with Gasteiger partial charge < -0.3 is 10.3 Å². The third-order valence-corrected chi connectivity index (χ3v) is 3.05. The molecular formula is C15H16N2O2. The molecule has 0 spiro atoms. The Bertz CT molecular complexity index is 626. The Balaban J connectivity index is 2.13. The second-order valence-electron chi connectivity index (χ2n) is 4.49. The molecular weight excluding hydrogens is 240 g/mol. The molecule has 0 unspecified atom stereocenters. The van der Waals surface area contributed by atoms with Gasteiger partial charge in [0.05, 0.1) is 11.6 Å². The van der Waals surface area contributed by atoms with Crippen LogP contribution in [0.2, 0.25) is 0 Å². The first-order valence-corrected chi connectivity index (χ1v) is 6.13. The lowest BCUT2D eigenvalue weighted by Crippen LogP contribution is -2.27. The number of aromatic amines is 1. The van der Waals surface area contributed by atoms with E-state index in [9.17, 15) is 9.59 Å². The van der Waals surface area contributed by atoms with Gasteiger partial charge in [0.15, 0.2) is 0 Å². The van der Waals surface area contributed by atoms with Crippen LogP contribution in [0, 0.1) is 6.92 Å². The molecule has 2 rings (SSSR count). The predicted molar refractivity (Wildman–Crippen MR) is 74.1 cm³/mol. The summed E-state index contributed by atoms with van der Waals surface area (Å²) in [6.07, 6.45) is 1.42. The van der Waals surface area contributed by atoms with Crippen LogP contribution < -0.4 is 10.9 Å². The molecule has 4 heteroatoms. The molecule has 1 heterocycles. The Morgan fingerprint density at radius 1 is 1.21 bits per heavy atom. The van der Waals surface area contributed by atoms with Crippen LogP contribution in [0.5, 0.6) is 0 Å². The number of pyridine rings is 1. The van der Waals surface area contributed by atoms with Crippen LogP contribution >= 0.6 is 0 Å². The fourth-order valence-electron chi connectivity index (χ4n) is 1.98. The minimum atomic E-state index is -0.219. The highest BCUT2D eigenvalue weighted by molar-refractivity contribution is 5.94. The zero-order valence-corrected chi connectivity index (χ0v) is 10.9. The van der Waals surface area contributed by atoms with Crippen LogP contribution in [0.25, 0.3) is 0 Å². The summed E-state index contributed by atoms with van der Waals surface area (Å²) >= 11 is 0. The van der Waals surface area contributed by atoms with E-state index >= 15 is 0 Å². The lowest BCUT2D eigenvalue weighted by atomic mass is 10.0. The Morgan fingerprint density at radius 2 is 1.95 bits per heavy atom. The highest BCUT2D eigenvalue weighted by atomic mass is 16.2. The van der Waals surface area contributed by atoms with Crippen LogP contribution in [0.15, 0.2) is 47.4 Å². The molecule has 0 aliphatic heterocycles. The summed E-state index contributed by atoms with van der Waals surface area (Å²) in [5.74, 6) is -0.202. The van der Waals surface area contributed by atoms with Gasteiger partial charge in [-0.15, -0.1) is 0 Å². The van der Waals surface area contributed by atoms with Gasteiger partial charge in [0.25, 0.3) is 5.91 Å². The van der Waals surface area contributed by atoms with Crippen molar-refractivity contribution < 1.29 is 4.79 Å². The molecule has 1 aromatic heterocycles. The van der Waals surface area contributed by atoms with E-state index < -0.39 is 0 Å². The van der Waals surface area contributed by atoms with Gasteiger partial charge in [0.1, 0.15) is 0 Å². The van der Waals surface area contributed by atoms with Gasteiger partial charge in [-0.25, -0.2) is 0 Å². The molecule has 1 amide bonds. The Kier molecular flexibility index (Phi) is 3.80. The maximum absolute atomic E-state index is 12.0. The summed E-state index contributed by atoms with van der Waals surface area (Å²) in [6, 6.07) is 10.7. The highest BCUT2D eigenvalue weighted by Gasteiger charge is 2.12. The molecule has 0 saturated heterocycles. The van der Waals surface area contributed by atoms with Gasteiger partial charge in [-0.2, -0.15) is 0 Å². The standard InChI is InChI=1S/C15H16N2O2/c1-10-5-3-4-6-13(10)11(2)17-15(19)12-7-8-14(18)16-9-12/h3-9,11H,1-2H3,(H,16,18)(H,17,19)/t11-/m0/s1. The molecule has 98 valence electrons. The van der Waals surface area contributed by atoms with E-state index in [0.29, 0.717) is 5.56 Å². The van der Waals surface area contributed by atoms with E-state index in [4.69, 9.17) is 0 Å². The number of aryl methyl sites for hydroxylation is 1. The molecule has 2 N–H and O–H groups in total. The molecule has 1 aromatic carbocycles. The van der Waals surface area contributed by atoms with E-state index in [0.717, 1.165) is 11.1 Å². The van der Waals surface area contributed by atoms with Gasteiger partial charge in [-0.3, -0.25) is 9.59 Å². The van der Waals surface area contributed by atoms with Gasteiger partial charge in [-0.1, -0.05) is 24.3 Å². The van der Waals surface area contributed by atoms with E-state index in [2.05, 4.69) is 10.3 Å². The number of carbonyl (C=O) groups excluding carboxylic acids is 1. The van der Waals surface area contributed by atoms with Crippen LogP contribution in [0.4, 0.5) is 0 Å². The monoisotopic (exact) mass is 256 g/mol. The summed E-state index contributed by atoms with van der Waals surface area (Å²) in [7, 11) is 0. The molecule has 1 atom stereocenters.